The summed E-state index contributed by atoms with van der Waals surface area (Å²) >= 11 is 0. The molecule has 1 atom stereocenters. The number of carbonyl (C=O) groups is 1. The second kappa shape index (κ2) is 10.1. The van der Waals surface area contributed by atoms with Gasteiger partial charge in [0.1, 0.15) is 0 Å². The van der Waals surface area contributed by atoms with E-state index in [9.17, 15) is 4.79 Å². The van der Waals surface area contributed by atoms with Crippen LogP contribution in [0.2, 0.25) is 0 Å². The lowest BCUT2D eigenvalue weighted by Gasteiger charge is -2.31. The second-order valence-electron chi connectivity index (χ2n) is 6.74. The van der Waals surface area contributed by atoms with Crippen molar-refractivity contribution in [1.29, 1.82) is 0 Å². The highest BCUT2D eigenvalue weighted by atomic mass is 16.1. The summed E-state index contributed by atoms with van der Waals surface area (Å²) in [6, 6.07) is 0.253. The summed E-state index contributed by atoms with van der Waals surface area (Å²) in [6.45, 7) is 12.5. The predicted molar refractivity (Wildman–Crippen MR) is 90.4 cm³/mol. The molecule has 0 bridgehead atoms. The fourth-order valence-electron chi connectivity index (χ4n) is 2.55. The van der Waals surface area contributed by atoms with Crippen molar-refractivity contribution in [3.8, 4) is 0 Å². The monoisotopic (exact) mass is 300 g/mol. The summed E-state index contributed by atoms with van der Waals surface area (Å²) in [5, 5.41) is 3.31. The Morgan fingerprint density at radius 3 is 2.24 bits per heavy atom. The summed E-state index contributed by atoms with van der Waals surface area (Å²) in [5.41, 5.74) is 4.97. The van der Waals surface area contributed by atoms with Gasteiger partial charge in [-0.25, -0.2) is 0 Å². The molecule has 0 aromatic heterocycles. The van der Waals surface area contributed by atoms with Crippen molar-refractivity contribution in [3.63, 3.8) is 0 Å². The Morgan fingerprint density at radius 1 is 1.19 bits per heavy atom. The first-order chi connectivity index (χ1) is 9.71. The van der Waals surface area contributed by atoms with Crippen LogP contribution in [0.4, 0.5) is 0 Å². The Bertz CT molecular complexity index is 294. The maximum Gasteiger partial charge on any atom is 0.237 e. The molecule has 0 aromatic rings. The zero-order valence-electron chi connectivity index (χ0n) is 14.9. The number of carbonyl (C=O) groups excluding carboxylic acids is 1. The zero-order valence-corrected chi connectivity index (χ0v) is 14.9. The van der Waals surface area contributed by atoms with E-state index in [1.807, 2.05) is 20.8 Å². The number of hydrogen-bond acceptors (Lipinski definition) is 4. The second-order valence-corrected chi connectivity index (χ2v) is 6.74. The van der Waals surface area contributed by atoms with Crippen LogP contribution in [0.5, 0.6) is 0 Å². The molecule has 1 amide bonds. The van der Waals surface area contributed by atoms with E-state index < -0.39 is 5.54 Å². The van der Waals surface area contributed by atoms with Crippen molar-refractivity contribution in [1.82, 2.24) is 15.1 Å². The third-order valence-electron chi connectivity index (χ3n) is 3.71. The highest BCUT2D eigenvalue weighted by Crippen LogP contribution is 2.14. The molecule has 21 heavy (non-hydrogen) atoms. The molecule has 0 aliphatic rings. The summed E-state index contributed by atoms with van der Waals surface area (Å²) in [5.74, 6) is -0.258. The van der Waals surface area contributed by atoms with Crippen LogP contribution in [0.15, 0.2) is 0 Å². The van der Waals surface area contributed by atoms with Gasteiger partial charge < -0.3 is 20.9 Å². The third kappa shape index (κ3) is 9.06. The highest BCUT2D eigenvalue weighted by Gasteiger charge is 2.30. The Labute approximate surface area is 131 Å². The molecule has 1 unspecified atom stereocenters. The van der Waals surface area contributed by atoms with Crippen LogP contribution in [0, 0.1) is 0 Å². The van der Waals surface area contributed by atoms with Crippen LogP contribution in [-0.4, -0.2) is 67.6 Å². The third-order valence-corrected chi connectivity index (χ3v) is 3.71. The molecule has 0 fully saturated rings. The quantitative estimate of drug-likeness (QED) is 0.570. The zero-order chi connectivity index (χ0) is 16.5. The molecule has 5 heteroatoms. The number of nitrogens with two attached hydrogens (primary N) is 1. The minimum atomic E-state index is -0.604. The van der Waals surface area contributed by atoms with E-state index in [0.29, 0.717) is 0 Å². The molecule has 0 aromatic carbocycles. The molecule has 0 rings (SSSR count). The molecule has 0 saturated heterocycles. The molecule has 0 spiro atoms. The fraction of sp³-hybridized carbons (Fsp3) is 0.938. The van der Waals surface area contributed by atoms with Gasteiger partial charge in [0.25, 0.3) is 0 Å². The van der Waals surface area contributed by atoms with Crippen molar-refractivity contribution in [2.75, 3.05) is 40.3 Å². The average molecular weight is 300 g/mol. The maximum atomic E-state index is 11.7. The van der Waals surface area contributed by atoms with Crippen molar-refractivity contribution in [2.24, 2.45) is 5.73 Å². The lowest BCUT2D eigenvalue weighted by atomic mass is 9.93. The molecule has 5 nitrogen and oxygen atoms in total. The van der Waals surface area contributed by atoms with E-state index in [1.165, 1.54) is 0 Å². The summed E-state index contributed by atoms with van der Waals surface area (Å²) in [4.78, 5) is 16.4. The molecular weight excluding hydrogens is 264 g/mol. The van der Waals surface area contributed by atoms with E-state index in [4.69, 9.17) is 5.73 Å². The molecule has 126 valence electrons. The Morgan fingerprint density at radius 2 is 1.81 bits per heavy atom. The maximum absolute atomic E-state index is 11.7. The Kier molecular flexibility index (Phi) is 9.83. The number of likely N-dealkylation sites (N-methyl/N-ethyl adjacent to an activating group) is 1. The fourth-order valence-corrected chi connectivity index (χ4v) is 2.55. The lowest BCUT2D eigenvalue weighted by Crippen LogP contribution is -2.55. The molecular formula is C16H36N4O. The van der Waals surface area contributed by atoms with Crippen molar-refractivity contribution < 1.29 is 4.79 Å². The van der Waals surface area contributed by atoms with E-state index in [0.717, 1.165) is 45.4 Å². The number of rotatable bonds is 12. The van der Waals surface area contributed by atoms with Crippen molar-refractivity contribution >= 4 is 5.91 Å². The van der Waals surface area contributed by atoms with Crippen molar-refractivity contribution in [2.45, 2.75) is 58.5 Å². The number of nitrogens with one attached hydrogen (secondary N) is 1. The SMILES string of the molecule is CCCN(CCCC(C)(NC(C)C)C(N)=O)CCN(C)C. The number of amides is 1. The first-order valence-corrected chi connectivity index (χ1v) is 8.16. The van der Waals surface area contributed by atoms with E-state index in [2.05, 4.69) is 36.1 Å². The number of hydrogen-bond donors (Lipinski definition) is 2. The minimum absolute atomic E-state index is 0.253. The molecule has 0 heterocycles. The molecule has 0 aliphatic heterocycles. The van der Waals surface area contributed by atoms with Gasteiger partial charge in [-0.3, -0.25) is 4.79 Å². The van der Waals surface area contributed by atoms with Gasteiger partial charge in [0.15, 0.2) is 0 Å². The Hall–Kier alpha value is -0.650. The van der Waals surface area contributed by atoms with Crippen LogP contribution >= 0.6 is 0 Å². The smallest absolute Gasteiger partial charge is 0.237 e. The summed E-state index contributed by atoms with van der Waals surface area (Å²) < 4.78 is 0. The van der Waals surface area contributed by atoms with E-state index in [-0.39, 0.29) is 11.9 Å². The lowest BCUT2D eigenvalue weighted by molar-refractivity contribution is -0.124. The van der Waals surface area contributed by atoms with Gasteiger partial charge in [-0.2, -0.15) is 0 Å². The predicted octanol–water partition coefficient (Wildman–Crippen LogP) is 1.28. The van der Waals surface area contributed by atoms with E-state index >= 15 is 0 Å². The van der Waals surface area contributed by atoms with Gasteiger partial charge in [0, 0.05) is 19.1 Å². The average Bonchev–Trinajstić information content (AvgIpc) is 2.34. The molecule has 0 aliphatic carbocycles. The Balaban J connectivity index is 4.34. The first-order valence-electron chi connectivity index (χ1n) is 8.16. The standard InChI is InChI=1S/C16H36N4O/c1-7-10-20(13-12-19(5)6)11-8-9-16(4,15(17)21)18-14(2)3/h14,18H,7-13H2,1-6H3,(H2,17,21). The normalized spacial score (nSPS) is 14.9. The van der Waals surface area contributed by atoms with Crippen LogP contribution in [0.25, 0.3) is 0 Å². The van der Waals surface area contributed by atoms with Gasteiger partial charge >= 0.3 is 0 Å². The van der Waals surface area contributed by atoms with Gasteiger partial charge in [-0.05, 0) is 67.2 Å². The van der Waals surface area contributed by atoms with Gasteiger partial charge in [-0.1, -0.05) is 6.92 Å². The molecule has 3 N–H and O–H groups in total. The first kappa shape index (κ1) is 20.3. The number of primary amides is 1. The topological polar surface area (TPSA) is 61.6 Å². The van der Waals surface area contributed by atoms with Gasteiger partial charge in [0.2, 0.25) is 5.91 Å². The van der Waals surface area contributed by atoms with Crippen LogP contribution in [-0.2, 0) is 4.79 Å². The van der Waals surface area contributed by atoms with Crippen molar-refractivity contribution in [3.05, 3.63) is 0 Å². The molecule has 0 radical (unpaired) electrons. The van der Waals surface area contributed by atoms with Crippen LogP contribution in [0.1, 0.15) is 47.0 Å². The van der Waals surface area contributed by atoms with Gasteiger partial charge in [0.05, 0.1) is 5.54 Å². The molecule has 0 saturated carbocycles. The summed E-state index contributed by atoms with van der Waals surface area (Å²) in [7, 11) is 4.20. The highest BCUT2D eigenvalue weighted by molar-refractivity contribution is 5.84. The van der Waals surface area contributed by atoms with Crippen LogP contribution in [0.3, 0.4) is 0 Å². The number of nitrogens with zero attached hydrogens (tertiary/aromatic N) is 2. The minimum Gasteiger partial charge on any atom is -0.368 e. The summed E-state index contributed by atoms with van der Waals surface area (Å²) in [6.07, 6.45) is 2.92. The van der Waals surface area contributed by atoms with Crippen LogP contribution < -0.4 is 11.1 Å². The van der Waals surface area contributed by atoms with Gasteiger partial charge in [-0.15, -0.1) is 0 Å². The van der Waals surface area contributed by atoms with E-state index in [1.54, 1.807) is 0 Å². The largest absolute Gasteiger partial charge is 0.368 e.